The molecule has 0 aliphatic heterocycles. The Morgan fingerprint density at radius 3 is 2.71 bits per heavy atom. The molecule has 0 heterocycles. The van der Waals surface area contributed by atoms with E-state index in [2.05, 4.69) is 22.9 Å². The van der Waals surface area contributed by atoms with E-state index in [0.29, 0.717) is 10.9 Å². The van der Waals surface area contributed by atoms with Crippen LogP contribution in [0.25, 0.3) is 0 Å². The first-order chi connectivity index (χ1) is 6.58. The smallest absolute Gasteiger partial charge is 0.0458 e. The fourth-order valence-corrected chi connectivity index (χ4v) is 3.53. The molecule has 0 bridgehead atoms. The van der Waals surface area contributed by atoms with E-state index < -0.39 is 0 Å². The lowest BCUT2D eigenvalue weighted by atomic mass is 9.96. The second-order valence-corrected chi connectivity index (χ2v) is 5.59. The third kappa shape index (κ3) is 1.70. The lowest BCUT2D eigenvalue weighted by Crippen LogP contribution is -2.05. The van der Waals surface area contributed by atoms with Crippen molar-refractivity contribution >= 4 is 39.1 Å². The topological polar surface area (TPSA) is 0 Å². The molecule has 0 amide bonds. The highest BCUT2D eigenvalue weighted by molar-refractivity contribution is 9.09. The second kappa shape index (κ2) is 3.70. The first-order valence-electron chi connectivity index (χ1n) is 4.59. The number of rotatable bonds is 2. The van der Waals surface area contributed by atoms with Crippen LogP contribution in [0.1, 0.15) is 18.9 Å². The van der Waals surface area contributed by atoms with E-state index in [0.717, 1.165) is 10.4 Å². The van der Waals surface area contributed by atoms with E-state index in [1.807, 2.05) is 18.2 Å². The largest absolute Gasteiger partial charge is 0.0925 e. The maximum atomic E-state index is 6.18. The van der Waals surface area contributed by atoms with Crippen LogP contribution in [0.4, 0.5) is 0 Å². The van der Waals surface area contributed by atoms with Gasteiger partial charge in [0, 0.05) is 15.4 Å². The van der Waals surface area contributed by atoms with Gasteiger partial charge in [-0.3, -0.25) is 0 Å². The summed E-state index contributed by atoms with van der Waals surface area (Å²) in [5.74, 6) is 0.709. The van der Waals surface area contributed by atoms with Gasteiger partial charge in [-0.05, 0) is 35.4 Å². The Hall–Kier alpha value is 0.280. The molecule has 0 nitrogen and oxygen atoms in total. The van der Waals surface area contributed by atoms with E-state index in [1.54, 1.807) is 0 Å². The quantitative estimate of drug-likeness (QED) is 0.695. The minimum Gasteiger partial charge on any atom is -0.0925 e. The highest BCUT2D eigenvalue weighted by Crippen LogP contribution is 2.56. The molecule has 2 atom stereocenters. The summed E-state index contributed by atoms with van der Waals surface area (Å²) < 4.78 is 0. The fourth-order valence-electron chi connectivity index (χ4n) is 1.96. The van der Waals surface area contributed by atoms with Crippen LogP contribution in [0.5, 0.6) is 0 Å². The standard InChI is InChI=1S/C11H11BrCl2/c1-11(5-7(11)6-12)9-3-2-8(13)4-10(9)14/h2-4,7H,5-6H2,1H3. The molecule has 76 valence electrons. The fraction of sp³-hybridized carbons (Fsp3) is 0.455. The van der Waals surface area contributed by atoms with Crippen LogP contribution in [0.15, 0.2) is 18.2 Å². The molecule has 1 aromatic rings. The van der Waals surface area contributed by atoms with Crippen molar-refractivity contribution in [3.05, 3.63) is 33.8 Å². The molecule has 1 fully saturated rings. The molecular formula is C11H11BrCl2. The van der Waals surface area contributed by atoms with Gasteiger partial charge in [0.05, 0.1) is 0 Å². The Bertz CT molecular complexity index is 364. The Balaban J connectivity index is 2.34. The normalized spacial score (nSPS) is 30.4. The van der Waals surface area contributed by atoms with Crippen LogP contribution >= 0.6 is 39.1 Å². The average Bonchev–Trinajstić information content (AvgIpc) is 2.77. The second-order valence-electron chi connectivity index (χ2n) is 4.10. The average molecular weight is 294 g/mol. The molecule has 0 saturated heterocycles. The molecular weight excluding hydrogens is 283 g/mol. The number of halogens is 3. The summed E-state index contributed by atoms with van der Waals surface area (Å²) in [6, 6.07) is 5.79. The van der Waals surface area contributed by atoms with Crippen LogP contribution in [-0.4, -0.2) is 5.33 Å². The third-order valence-corrected chi connectivity index (χ3v) is 4.47. The molecule has 14 heavy (non-hydrogen) atoms. The van der Waals surface area contributed by atoms with Crippen molar-refractivity contribution in [2.75, 3.05) is 5.33 Å². The molecule has 1 aliphatic rings. The van der Waals surface area contributed by atoms with Crippen LogP contribution in [0.3, 0.4) is 0 Å². The lowest BCUT2D eigenvalue weighted by Gasteiger charge is -2.13. The number of hydrogen-bond donors (Lipinski definition) is 0. The third-order valence-electron chi connectivity index (χ3n) is 3.14. The van der Waals surface area contributed by atoms with E-state index in [1.165, 1.54) is 12.0 Å². The SMILES string of the molecule is CC1(c2ccc(Cl)cc2Cl)CC1CBr. The highest BCUT2D eigenvalue weighted by atomic mass is 79.9. The maximum absolute atomic E-state index is 6.18. The first kappa shape index (κ1) is 10.8. The molecule has 1 aromatic carbocycles. The minimum atomic E-state index is 0.255. The van der Waals surface area contributed by atoms with E-state index in [-0.39, 0.29) is 5.41 Å². The predicted octanol–water partition coefficient (Wildman–Crippen LogP) is 4.67. The summed E-state index contributed by atoms with van der Waals surface area (Å²) in [6.45, 7) is 2.26. The minimum absolute atomic E-state index is 0.255. The van der Waals surface area contributed by atoms with Gasteiger partial charge in [0.1, 0.15) is 0 Å². The summed E-state index contributed by atoms with van der Waals surface area (Å²) in [4.78, 5) is 0. The van der Waals surface area contributed by atoms with Gasteiger partial charge in [0.2, 0.25) is 0 Å². The van der Waals surface area contributed by atoms with Crippen molar-refractivity contribution in [2.45, 2.75) is 18.8 Å². The van der Waals surface area contributed by atoms with E-state index in [4.69, 9.17) is 23.2 Å². The van der Waals surface area contributed by atoms with Crippen LogP contribution in [0.2, 0.25) is 10.0 Å². The van der Waals surface area contributed by atoms with Crippen molar-refractivity contribution in [1.29, 1.82) is 0 Å². The van der Waals surface area contributed by atoms with Gasteiger partial charge in [0.25, 0.3) is 0 Å². The summed E-state index contributed by atoms with van der Waals surface area (Å²) in [5, 5.41) is 2.55. The Labute approximate surface area is 103 Å². The predicted molar refractivity (Wildman–Crippen MR) is 65.7 cm³/mol. The molecule has 0 spiro atoms. The van der Waals surface area contributed by atoms with Crippen LogP contribution < -0.4 is 0 Å². The van der Waals surface area contributed by atoms with Gasteiger partial charge in [-0.15, -0.1) is 0 Å². The molecule has 3 heteroatoms. The van der Waals surface area contributed by atoms with Gasteiger partial charge >= 0.3 is 0 Å². The van der Waals surface area contributed by atoms with E-state index >= 15 is 0 Å². The zero-order chi connectivity index (χ0) is 10.3. The van der Waals surface area contributed by atoms with Crippen molar-refractivity contribution in [1.82, 2.24) is 0 Å². The number of benzene rings is 1. The summed E-state index contributed by atoms with van der Waals surface area (Å²) in [5.41, 5.74) is 1.48. The van der Waals surface area contributed by atoms with Gasteiger partial charge < -0.3 is 0 Å². The number of alkyl halides is 1. The summed E-state index contributed by atoms with van der Waals surface area (Å²) in [6.07, 6.45) is 1.21. The Morgan fingerprint density at radius 1 is 1.50 bits per heavy atom. The van der Waals surface area contributed by atoms with Gasteiger partial charge in [0.15, 0.2) is 0 Å². The van der Waals surface area contributed by atoms with Gasteiger partial charge in [-0.1, -0.05) is 52.1 Å². The van der Waals surface area contributed by atoms with Crippen molar-refractivity contribution in [2.24, 2.45) is 5.92 Å². The van der Waals surface area contributed by atoms with Crippen molar-refractivity contribution in [3.63, 3.8) is 0 Å². The first-order valence-corrected chi connectivity index (χ1v) is 6.47. The molecule has 2 rings (SSSR count). The van der Waals surface area contributed by atoms with Gasteiger partial charge in [-0.2, -0.15) is 0 Å². The lowest BCUT2D eigenvalue weighted by molar-refractivity contribution is 0.710. The van der Waals surface area contributed by atoms with Gasteiger partial charge in [-0.25, -0.2) is 0 Å². The Kier molecular flexibility index (Phi) is 2.85. The number of hydrogen-bond acceptors (Lipinski definition) is 0. The zero-order valence-electron chi connectivity index (χ0n) is 7.86. The molecule has 0 N–H and O–H groups in total. The summed E-state index contributed by atoms with van der Waals surface area (Å²) >= 11 is 15.6. The summed E-state index contributed by atoms with van der Waals surface area (Å²) in [7, 11) is 0. The van der Waals surface area contributed by atoms with E-state index in [9.17, 15) is 0 Å². The van der Waals surface area contributed by atoms with Crippen molar-refractivity contribution < 1.29 is 0 Å². The Morgan fingerprint density at radius 2 is 2.21 bits per heavy atom. The molecule has 2 unspecified atom stereocenters. The molecule has 1 saturated carbocycles. The van der Waals surface area contributed by atoms with Crippen LogP contribution in [-0.2, 0) is 5.41 Å². The zero-order valence-corrected chi connectivity index (χ0v) is 11.0. The maximum Gasteiger partial charge on any atom is 0.0458 e. The molecule has 0 radical (unpaired) electrons. The van der Waals surface area contributed by atoms with Crippen LogP contribution in [0, 0.1) is 5.92 Å². The molecule has 0 aromatic heterocycles. The van der Waals surface area contributed by atoms with Crippen molar-refractivity contribution in [3.8, 4) is 0 Å². The molecule has 1 aliphatic carbocycles. The monoisotopic (exact) mass is 292 g/mol. The highest BCUT2D eigenvalue weighted by Gasteiger charge is 2.51.